The number of nitrogens with zero attached hydrogens (tertiary/aromatic N) is 3. The van der Waals surface area contributed by atoms with Gasteiger partial charge in [-0.15, -0.1) is 0 Å². The Balaban J connectivity index is 1.28. The standard InChI is InChI=1S/C46H27N3/c47-28-29-24-26-30(27-25-29)32-17-10-21-39-42(32)33-14-4-7-19-37(33)46(39)38-20-8-5-15-34(38)43-36(18-11-22-40(43)46)45-48-41-23-9-6-16-35(41)44(49-45)31-12-2-1-3-13-31/h1-27H. The van der Waals surface area contributed by atoms with Gasteiger partial charge in [0, 0.05) is 16.5 Å². The van der Waals surface area contributed by atoms with Crippen LogP contribution < -0.4 is 0 Å². The van der Waals surface area contributed by atoms with Gasteiger partial charge in [0.15, 0.2) is 5.82 Å². The van der Waals surface area contributed by atoms with Crippen molar-refractivity contribution in [2.75, 3.05) is 0 Å². The number of nitriles is 1. The van der Waals surface area contributed by atoms with Crippen molar-refractivity contribution in [3.63, 3.8) is 0 Å². The van der Waals surface area contributed by atoms with Gasteiger partial charge in [0.25, 0.3) is 0 Å². The van der Waals surface area contributed by atoms with Crippen molar-refractivity contribution < 1.29 is 0 Å². The molecule has 49 heavy (non-hydrogen) atoms. The molecule has 7 aromatic carbocycles. The predicted octanol–water partition coefficient (Wildman–Crippen LogP) is 10.8. The van der Waals surface area contributed by atoms with Crippen molar-refractivity contribution in [2.24, 2.45) is 0 Å². The Morgan fingerprint density at radius 1 is 0.429 bits per heavy atom. The molecule has 0 amide bonds. The first-order valence-electron chi connectivity index (χ1n) is 16.6. The summed E-state index contributed by atoms with van der Waals surface area (Å²) in [6.45, 7) is 0. The van der Waals surface area contributed by atoms with Crippen molar-refractivity contribution in [3.8, 4) is 62.1 Å². The number of benzene rings is 7. The fraction of sp³-hybridized carbons (Fsp3) is 0.0217. The van der Waals surface area contributed by atoms with E-state index >= 15 is 0 Å². The molecule has 1 aromatic heterocycles. The monoisotopic (exact) mass is 621 g/mol. The maximum Gasteiger partial charge on any atom is 0.161 e. The summed E-state index contributed by atoms with van der Waals surface area (Å²) >= 11 is 0. The molecule has 1 atom stereocenters. The average molecular weight is 622 g/mol. The second-order valence-corrected chi connectivity index (χ2v) is 12.8. The molecule has 3 heteroatoms. The third-order valence-electron chi connectivity index (χ3n) is 10.4. The molecule has 0 aliphatic heterocycles. The Morgan fingerprint density at radius 2 is 0.980 bits per heavy atom. The molecule has 0 bridgehead atoms. The molecule has 1 heterocycles. The highest BCUT2D eigenvalue weighted by atomic mass is 14.9. The third-order valence-corrected chi connectivity index (χ3v) is 10.4. The van der Waals surface area contributed by atoms with Gasteiger partial charge in [0.1, 0.15) is 0 Å². The highest BCUT2D eigenvalue weighted by Gasteiger charge is 2.52. The molecule has 1 unspecified atom stereocenters. The van der Waals surface area contributed by atoms with Crippen molar-refractivity contribution >= 4 is 10.9 Å². The van der Waals surface area contributed by atoms with Crippen molar-refractivity contribution in [2.45, 2.75) is 5.41 Å². The molecule has 10 rings (SSSR count). The Morgan fingerprint density at radius 3 is 1.67 bits per heavy atom. The van der Waals surface area contributed by atoms with E-state index in [4.69, 9.17) is 9.97 Å². The first-order chi connectivity index (χ1) is 24.3. The molecule has 3 nitrogen and oxygen atoms in total. The van der Waals surface area contributed by atoms with E-state index in [1.807, 2.05) is 24.3 Å². The van der Waals surface area contributed by atoms with Crippen LogP contribution in [0, 0.1) is 11.3 Å². The van der Waals surface area contributed by atoms with Crippen LogP contribution in [-0.2, 0) is 5.41 Å². The van der Waals surface area contributed by atoms with Crippen molar-refractivity contribution in [1.29, 1.82) is 5.26 Å². The molecular formula is C46H27N3. The van der Waals surface area contributed by atoms with E-state index in [9.17, 15) is 5.26 Å². The number of rotatable bonds is 3. The summed E-state index contributed by atoms with van der Waals surface area (Å²) < 4.78 is 0. The Bertz CT molecular complexity index is 2670. The van der Waals surface area contributed by atoms with E-state index in [1.165, 1.54) is 50.1 Å². The topological polar surface area (TPSA) is 49.6 Å². The molecule has 0 saturated heterocycles. The third kappa shape index (κ3) is 3.77. The highest BCUT2D eigenvalue weighted by Crippen LogP contribution is 2.65. The van der Waals surface area contributed by atoms with Crippen LogP contribution in [0.4, 0.5) is 0 Å². The Labute approximate surface area is 284 Å². The van der Waals surface area contributed by atoms with Crippen LogP contribution in [0.5, 0.6) is 0 Å². The highest BCUT2D eigenvalue weighted by molar-refractivity contribution is 6.03. The van der Waals surface area contributed by atoms with Crippen LogP contribution in [0.3, 0.4) is 0 Å². The number of hydrogen-bond acceptors (Lipinski definition) is 3. The van der Waals surface area contributed by atoms with Crippen LogP contribution >= 0.6 is 0 Å². The van der Waals surface area contributed by atoms with Gasteiger partial charge in [-0.2, -0.15) is 5.26 Å². The lowest BCUT2D eigenvalue weighted by atomic mass is 9.70. The Kier molecular flexibility index (Phi) is 5.85. The van der Waals surface area contributed by atoms with Crippen molar-refractivity contribution in [3.05, 3.63) is 192 Å². The predicted molar refractivity (Wildman–Crippen MR) is 197 cm³/mol. The Hall–Kier alpha value is -6.63. The van der Waals surface area contributed by atoms with E-state index in [1.54, 1.807) is 0 Å². The van der Waals surface area contributed by atoms with Gasteiger partial charge < -0.3 is 0 Å². The van der Waals surface area contributed by atoms with Crippen LogP contribution in [0.2, 0.25) is 0 Å². The second kappa shape index (κ2) is 10.4. The summed E-state index contributed by atoms with van der Waals surface area (Å²) in [5, 5.41) is 10.5. The minimum Gasteiger partial charge on any atom is -0.228 e. The first-order valence-corrected chi connectivity index (χ1v) is 16.6. The largest absolute Gasteiger partial charge is 0.228 e. The van der Waals surface area contributed by atoms with E-state index in [0.717, 1.165) is 39.1 Å². The minimum atomic E-state index is -0.518. The van der Waals surface area contributed by atoms with Gasteiger partial charge in [0.05, 0.1) is 28.3 Å². The lowest BCUT2D eigenvalue weighted by molar-refractivity contribution is 0.794. The summed E-state index contributed by atoms with van der Waals surface area (Å²) in [5.74, 6) is 0.721. The van der Waals surface area contributed by atoms with Gasteiger partial charge in [-0.25, -0.2) is 9.97 Å². The van der Waals surface area contributed by atoms with E-state index < -0.39 is 5.41 Å². The summed E-state index contributed by atoms with van der Waals surface area (Å²) in [5.41, 5.74) is 16.3. The van der Waals surface area contributed by atoms with Crippen molar-refractivity contribution in [1.82, 2.24) is 9.97 Å². The van der Waals surface area contributed by atoms with Crippen LogP contribution in [0.15, 0.2) is 164 Å². The van der Waals surface area contributed by atoms with Gasteiger partial charge >= 0.3 is 0 Å². The molecule has 8 aromatic rings. The molecule has 226 valence electrons. The van der Waals surface area contributed by atoms with Gasteiger partial charge in [0.2, 0.25) is 0 Å². The van der Waals surface area contributed by atoms with E-state index in [2.05, 4.69) is 146 Å². The van der Waals surface area contributed by atoms with Crippen LogP contribution in [0.25, 0.3) is 66.9 Å². The molecule has 2 aliphatic rings. The number of fused-ring (bicyclic) bond motifs is 11. The second-order valence-electron chi connectivity index (χ2n) is 12.8. The number of hydrogen-bond donors (Lipinski definition) is 0. The SMILES string of the molecule is N#Cc1ccc(-c2cccc3c2-c2ccccc2C32c3ccccc3-c3c(-c4nc(-c5ccccc5)c5ccccc5n4)cccc32)cc1. The van der Waals surface area contributed by atoms with Gasteiger partial charge in [-0.05, 0) is 73.8 Å². The summed E-state index contributed by atoms with van der Waals surface area (Å²) in [6.07, 6.45) is 0. The first kappa shape index (κ1) is 27.5. The van der Waals surface area contributed by atoms with Gasteiger partial charge in [-0.1, -0.05) is 146 Å². The van der Waals surface area contributed by atoms with Crippen LogP contribution in [-0.4, -0.2) is 9.97 Å². The minimum absolute atomic E-state index is 0.518. The summed E-state index contributed by atoms with van der Waals surface area (Å²) in [4.78, 5) is 10.5. The lowest BCUT2D eigenvalue weighted by Crippen LogP contribution is -2.25. The molecular weight excluding hydrogens is 595 g/mol. The smallest absolute Gasteiger partial charge is 0.161 e. The molecule has 0 radical (unpaired) electrons. The molecule has 0 N–H and O–H groups in total. The fourth-order valence-electron chi connectivity index (χ4n) is 8.40. The molecule has 0 fully saturated rings. The molecule has 2 aliphatic carbocycles. The van der Waals surface area contributed by atoms with Gasteiger partial charge in [-0.3, -0.25) is 0 Å². The zero-order chi connectivity index (χ0) is 32.5. The number of para-hydroxylation sites is 1. The quantitative estimate of drug-likeness (QED) is 0.197. The fourth-order valence-corrected chi connectivity index (χ4v) is 8.40. The van der Waals surface area contributed by atoms with Crippen LogP contribution in [0.1, 0.15) is 27.8 Å². The maximum absolute atomic E-state index is 9.48. The van der Waals surface area contributed by atoms with E-state index in [0.29, 0.717) is 5.56 Å². The average Bonchev–Trinajstić information content (AvgIpc) is 3.65. The zero-order valence-electron chi connectivity index (χ0n) is 26.4. The summed E-state index contributed by atoms with van der Waals surface area (Å²) in [7, 11) is 0. The lowest BCUT2D eigenvalue weighted by Gasteiger charge is -2.30. The molecule has 1 spiro atoms. The maximum atomic E-state index is 9.48. The number of aromatic nitrogens is 2. The normalized spacial score (nSPS) is 15.0. The van der Waals surface area contributed by atoms with E-state index in [-0.39, 0.29) is 0 Å². The summed E-state index contributed by atoms with van der Waals surface area (Å²) in [6, 6.07) is 60.0. The zero-order valence-corrected chi connectivity index (χ0v) is 26.4. The molecule has 0 saturated carbocycles.